The number of carbonyl (C=O) groups excluding carboxylic acids is 1. The van der Waals surface area contributed by atoms with Crippen LogP contribution in [0.15, 0.2) is 30.3 Å². The van der Waals surface area contributed by atoms with E-state index >= 15 is 0 Å². The van der Waals surface area contributed by atoms with Gasteiger partial charge < -0.3 is 9.30 Å². The standard InChI is InChI=1S/C19H14F5NO2/c1-2-11-9-10-5-3-4-6-12(10)25(11)8-7-13(26)27-19-17(23)15(21)14(20)16(22)18(19)24/h3-6,9H,2,7-8H2,1H3. The Kier molecular flexibility index (Phi) is 5.16. The number of ether oxygens (including phenoxy) is 1. The Hall–Kier alpha value is -2.90. The second kappa shape index (κ2) is 7.38. The molecule has 0 fully saturated rings. The molecule has 0 atom stereocenters. The maximum absolute atomic E-state index is 13.6. The van der Waals surface area contributed by atoms with Crippen LogP contribution >= 0.6 is 0 Å². The third-order valence-corrected chi connectivity index (χ3v) is 4.18. The van der Waals surface area contributed by atoms with E-state index in [2.05, 4.69) is 4.74 Å². The van der Waals surface area contributed by atoms with Crippen molar-refractivity contribution in [1.29, 1.82) is 0 Å². The van der Waals surface area contributed by atoms with Crippen LogP contribution in [0.4, 0.5) is 22.0 Å². The van der Waals surface area contributed by atoms with Crippen molar-refractivity contribution in [2.75, 3.05) is 0 Å². The number of hydrogen-bond donors (Lipinski definition) is 0. The van der Waals surface area contributed by atoms with E-state index in [9.17, 15) is 26.7 Å². The van der Waals surface area contributed by atoms with Crippen molar-refractivity contribution in [2.45, 2.75) is 26.3 Å². The molecule has 3 rings (SSSR count). The highest BCUT2D eigenvalue weighted by Gasteiger charge is 2.28. The number of hydrogen-bond acceptors (Lipinski definition) is 2. The van der Waals surface area contributed by atoms with Gasteiger partial charge in [0.2, 0.25) is 34.8 Å². The summed E-state index contributed by atoms with van der Waals surface area (Å²) in [6.07, 6.45) is 0.368. The summed E-state index contributed by atoms with van der Waals surface area (Å²) in [6.45, 7) is 2.06. The first-order valence-corrected chi connectivity index (χ1v) is 8.14. The van der Waals surface area contributed by atoms with Crippen molar-refractivity contribution in [3.05, 3.63) is 65.1 Å². The number of esters is 1. The number of para-hydroxylation sites is 1. The van der Waals surface area contributed by atoms with Crippen molar-refractivity contribution in [3.8, 4) is 5.75 Å². The lowest BCUT2D eigenvalue weighted by Gasteiger charge is -2.11. The van der Waals surface area contributed by atoms with Crippen molar-refractivity contribution >= 4 is 16.9 Å². The summed E-state index contributed by atoms with van der Waals surface area (Å²) < 4.78 is 72.9. The van der Waals surface area contributed by atoms with Gasteiger partial charge >= 0.3 is 5.97 Å². The topological polar surface area (TPSA) is 31.2 Å². The summed E-state index contributed by atoms with van der Waals surface area (Å²) in [5.41, 5.74) is 1.79. The maximum Gasteiger partial charge on any atom is 0.313 e. The Morgan fingerprint density at radius 3 is 2.19 bits per heavy atom. The first-order valence-electron chi connectivity index (χ1n) is 8.14. The molecule has 2 aromatic carbocycles. The fourth-order valence-corrected chi connectivity index (χ4v) is 2.87. The molecule has 0 saturated heterocycles. The minimum Gasteiger partial charge on any atom is -0.420 e. The molecule has 0 aliphatic heterocycles. The molecule has 142 valence electrons. The number of aryl methyl sites for hydroxylation is 2. The van der Waals surface area contributed by atoms with Gasteiger partial charge in [-0.1, -0.05) is 25.1 Å². The molecule has 3 aromatic rings. The van der Waals surface area contributed by atoms with Gasteiger partial charge in [-0.2, -0.15) is 8.78 Å². The second-order valence-corrected chi connectivity index (χ2v) is 5.82. The Balaban J connectivity index is 1.81. The number of carbonyl (C=O) groups is 1. The Bertz CT molecular complexity index is 1000. The molecule has 0 unspecified atom stereocenters. The molecule has 0 spiro atoms. The zero-order valence-corrected chi connectivity index (χ0v) is 14.2. The van der Waals surface area contributed by atoms with Crippen molar-refractivity contribution < 1.29 is 31.5 Å². The molecule has 0 saturated carbocycles. The number of aromatic nitrogens is 1. The minimum atomic E-state index is -2.31. The van der Waals surface area contributed by atoms with E-state index in [1.807, 2.05) is 41.8 Å². The summed E-state index contributed by atoms with van der Waals surface area (Å²) >= 11 is 0. The molecule has 0 amide bonds. The first-order chi connectivity index (χ1) is 12.8. The summed E-state index contributed by atoms with van der Waals surface area (Å²) in [5.74, 6) is -13.7. The summed E-state index contributed by atoms with van der Waals surface area (Å²) in [5, 5.41) is 0.961. The van der Waals surface area contributed by atoms with E-state index in [0.29, 0.717) is 6.42 Å². The van der Waals surface area contributed by atoms with Crippen LogP contribution < -0.4 is 4.74 Å². The lowest BCUT2D eigenvalue weighted by atomic mass is 10.2. The number of fused-ring (bicyclic) bond motifs is 1. The average molecular weight is 383 g/mol. The summed E-state index contributed by atoms with van der Waals surface area (Å²) in [7, 11) is 0. The SMILES string of the molecule is CCc1cc2ccccc2n1CCC(=O)Oc1c(F)c(F)c(F)c(F)c1F. The third kappa shape index (κ3) is 3.39. The maximum atomic E-state index is 13.6. The van der Waals surface area contributed by atoms with E-state index in [1.54, 1.807) is 0 Å². The number of halogens is 5. The molecule has 8 heteroatoms. The molecule has 1 aromatic heterocycles. The van der Waals surface area contributed by atoms with Gasteiger partial charge in [0.25, 0.3) is 0 Å². The van der Waals surface area contributed by atoms with Gasteiger partial charge in [0, 0.05) is 17.8 Å². The predicted octanol–water partition coefficient (Wildman–Crippen LogP) is 4.89. The smallest absolute Gasteiger partial charge is 0.313 e. The van der Waals surface area contributed by atoms with Crippen LogP contribution in [0, 0.1) is 29.1 Å². The molecule has 0 N–H and O–H groups in total. The number of rotatable bonds is 5. The van der Waals surface area contributed by atoms with Gasteiger partial charge in [-0.3, -0.25) is 4.79 Å². The van der Waals surface area contributed by atoms with E-state index in [4.69, 9.17) is 0 Å². The van der Waals surface area contributed by atoms with Gasteiger partial charge in [0.05, 0.1) is 6.42 Å². The Morgan fingerprint density at radius 1 is 0.963 bits per heavy atom. The molecule has 3 nitrogen and oxygen atoms in total. The van der Waals surface area contributed by atoms with Crippen LogP contribution in [-0.2, 0) is 17.8 Å². The van der Waals surface area contributed by atoms with Gasteiger partial charge in [0.1, 0.15) is 0 Å². The molecule has 0 aliphatic rings. The third-order valence-electron chi connectivity index (χ3n) is 4.18. The average Bonchev–Trinajstić information content (AvgIpc) is 3.04. The summed E-state index contributed by atoms with van der Waals surface area (Å²) in [6, 6.07) is 9.39. The van der Waals surface area contributed by atoms with Crippen LogP contribution in [0.3, 0.4) is 0 Å². The molecule has 0 radical (unpaired) electrons. The van der Waals surface area contributed by atoms with Crippen molar-refractivity contribution in [1.82, 2.24) is 4.57 Å². The highest BCUT2D eigenvalue weighted by molar-refractivity contribution is 5.81. The van der Waals surface area contributed by atoms with E-state index in [-0.39, 0.29) is 13.0 Å². The minimum absolute atomic E-state index is 0.130. The van der Waals surface area contributed by atoms with Crippen LogP contribution in [-0.4, -0.2) is 10.5 Å². The van der Waals surface area contributed by atoms with Crippen molar-refractivity contribution in [2.24, 2.45) is 0 Å². The van der Waals surface area contributed by atoms with Gasteiger partial charge in [-0.25, -0.2) is 13.2 Å². The number of benzene rings is 2. The zero-order valence-electron chi connectivity index (χ0n) is 14.2. The van der Waals surface area contributed by atoms with Gasteiger partial charge in [-0.05, 0) is 23.9 Å². The van der Waals surface area contributed by atoms with Crippen molar-refractivity contribution in [3.63, 3.8) is 0 Å². The largest absolute Gasteiger partial charge is 0.420 e. The molecule has 0 aliphatic carbocycles. The first kappa shape index (κ1) is 18.9. The fraction of sp³-hybridized carbons (Fsp3) is 0.211. The van der Waals surface area contributed by atoms with E-state index < -0.39 is 40.8 Å². The number of nitrogens with zero attached hydrogens (tertiary/aromatic N) is 1. The highest BCUT2D eigenvalue weighted by atomic mass is 19.2. The van der Waals surface area contributed by atoms with E-state index in [1.165, 1.54) is 0 Å². The lowest BCUT2D eigenvalue weighted by molar-refractivity contribution is -0.135. The van der Waals surface area contributed by atoms with Crippen LogP contribution in [0.5, 0.6) is 5.75 Å². The lowest BCUT2D eigenvalue weighted by Crippen LogP contribution is -2.16. The van der Waals surface area contributed by atoms with E-state index in [0.717, 1.165) is 16.6 Å². The normalized spacial score (nSPS) is 11.2. The molecule has 0 bridgehead atoms. The molecule has 1 heterocycles. The molecular weight excluding hydrogens is 369 g/mol. The predicted molar refractivity (Wildman–Crippen MR) is 87.8 cm³/mol. The molecular formula is C19H14F5NO2. The van der Waals surface area contributed by atoms with Crippen LogP contribution in [0.2, 0.25) is 0 Å². The fourth-order valence-electron chi connectivity index (χ4n) is 2.87. The van der Waals surface area contributed by atoms with Crippen LogP contribution in [0.25, 0.3) is 10.9 Å². The van der Waals surface area contributed by atoms with Gasteiger partial charge in [0.15, 0.2) is 0 Å². The van der Waals surface area contributed by atoms with Crippen LogP contribution in [0.1, 0.15) is 19.0 Å². The Labute approximate surface area is 151 Å². The quantitative estimate of drug-likeness (QED) is 0.206. The Morgan fingerprint density at radius 2 is 1.56 bits per heavy atom. The molecule has 27 heavy (non-hydrogen) atoms. The second-order valence-electron chi connectivity index (χ2n) is 5.82. The van der Waals surface area contributed by atoms with Gasteiger partial charge in [-0.15, -0.1) is 0 Å². The monoisotopic (exact) mass is 383 g/mol. The summed E-state index contributed by atoms with van der Waals surface area (Å²) in [4.78, 5) is 11.9. The highest BCUT2D eigenvalue weighted by Crippen LogP contribution is 2.29. The zero-order chi connectivity index (χ0) is 19.7.